The average molecular weight is 408 g/mol. The molecule has 27 heavy (non-hydrogen) atoms. The van der Waals surface area contributed by atoms with Gasteiger partial charge in [0.25, 0.3) is 0 Å². The first-order valence-corrected chi connectivity index (χ1v) is 10.1. The molecule has 1 aromatic heterocycles. The number of carbonyl (C=O) groups excluding carboxylic acids is 1. The predicted molar refractivity (Wildman–Crippen MR) is 107 cm³/mol. The van der Waals surface area contributed by atoms with Gasteiger partial charge in [-0.1, -0.05) is 35.3 Å². The lowest BCUT2D eigenvalue weighted by molar-refractivity contribution is 0.178. The summed E-state index contributed by atoms with van der Waals surface area (Å²) in [7, 11) is 0. The van der Waals surface area contributed by atoms with Crippen molar-refractivity contribution in [1.29, 1.82) is 0 Å². The number of carbonyl (C=O) groups is 1. The van der Waals surface area contributed by atoms with E-state index in [1.807, 2.05) is 23.1 Å². The van der Waals surface area contributed by atoms with E-state index in [0.29, 0.717) is 16.0 Å². The zero-order valence-electron chi connectivity index (χ0n) is 15.0. The van der Waals surface area contributed by atoms with E-state index in [1.165, 1.54) is 0 Å². The Bertz CT molecular complexity index is 810. The van der Waals surface area contributed by atoms with Crippen LogP contribution in [0.2, 0.25) is 10.0 Å². The Morgan fingerprint density at radius 1 is 1.22 bits per heavy atom. The van der Waals surface area contributed by atoms with Crippen LogP contribution in [0.5, 0.6) is 0 Å². The molecule has 2 amide bonds. The van der Waals surface area contributed by atoms with Gasteiger partial charge in [0.05, 0.1) is 15.7 Å². The molecule has 0 spiro atoms. The van der Waals surface area contributed by atoms with Crippen molar-refractivity contribution in [1.82, 2.24) is 25.7 Å². The molecule has 2 fully saturated rings. The monoisotopic (exact) mass is 407 g/mol. The van der Waals surface area contributed by atoms with Crippen molar-refractivity contribution < 1.29 is 4.79 Å². The minimum absolute atomic E-state index is 0.0539. The maximum Gasteiger partial charge on any atom is 0.317 e. The summed E-state index contributed by atoms with van der Waals surface area (Å²) in [4.78, 5) is 14.3. The zero-order valence-corrected chi connectivity index (χ0v) is 16.5. The third-order valence-electron chi connectivity index (χ3n) is 5.44. The van der Waals surface area contributed by atoms with E-state index in [4.69, 9.17) is 23.2 Å². The van der Waals surface area contributed by atoms with Crippen molar-refractivity contribution in [3.63, 3.8) is 0 Å². The van der Waals surface area contributed by atoms with Crippen LogP contribution in [0.3, 0.4) is 0 Å². The number of aromatic amines is 1. The van der Waals surface area contributed by atoms with Gasteiger partial charge in [0, 0.05) is 42.9 Å². The third kappa shape index (κ3) is 4.08. The van der Waals surface area contributed by atoms with Crippen LogP contribution in [0.1, 0.15) is 30.9 Å². The summed E-state index contributed by atoms with van der Waals surface area (Å²) in [6.07, 6.45) is 2.84. The first-order valence-electron chi connectivity index (χ1n) is 9.37. The summed E-state index contributed by atoms with van der Waals surface area (Å²) in [6.45, 7) is 3.35. The quantitative estimate of drug-likeness (QED) is 0.726. The van der Waals surface area contributed by atoms with E-state index < -0.39 is 0 Å². The number of halogens is 2. The van der Waals surface area contributed by atoms with Crippen LogP contribution in [-0.4, -0.2) is 53.3 Å². The van der Waals surface area contributed by atoms with E-state index in [9.17, 15) is 4.79 Å². The molecule has 2 saturated heterocycles. The Balaban J connectivity index is 1.37. The van der Waals surface area contributed by atoms with Crippen LogP contribution in [-0.2, 0) is 0 Å². The number of nitrogens with zero attached hydrogens (tertiary/aromatic N) is 2. The average Bonchev–Trinajstić information content (AvgIpc) is 3.36. The minimum atomic E-state index is 0.0539. The summed E-state index contributed by atoms with van der Waals surface area (Å²) < 4.78 is 0. The van der Waals surface area contributed by atoms with Gasteiger partial charge in [-0.15, -0.1) is 0 Å². The van der Waals surface area contributed by atoms with E-state index in [0.717, 1.165) is 62.4 Å². The molecule has 0 aliphatic carbocycles. The van der Waals surface area contributed by atoms with Gasteiger partial charge in [-0.2, -0.15) is 5.10 Å². The van der Waals surface area contributed by atoms with Crippen molar-refractivity contribution >= 4 is 29.2 Å². The lowest BCUT2D eigenvalue weighted by Crippen LogP contribution is -2.48. The van der Waals surface area contributed by atoms with Crippen LogP contribution < -0.4 is 10.6 Å². The Morgan fingerprint density at radius 3 is 2.78 bits per heavy atom. The molecular weight excluding hydrogens is 385 g/mol. The molecule has 4 rings (SSSR count). The van der Waals surface area contributed by atoms with Crippen LogP contribution in [0.15, 0.2) is 24.3 Å². The zero-order chi connectivity index (χ0) is 18.8. The van der Waals surface area contributed by atoms with Gasteiger partial charge < -0.3 is 15.5 Å². The van der Waals surface area contributed by atoms with Gasteiger partial charge in [-0.25, -0.2) is 4.79 Å². The number of likely N-dealkylation sites (tertiary alicyclic amines) is 1. The molecule has 2 aliphatic heterocycles. The molecular formula is C19H23Cl2N5O. The Hall–Kier alpha value is -1.76. The molecule has 3 heterocycles. The van der Waals surface area contributed by atoms with E-state index in [2.05, 4.69) is 20.8 Å². The molecule has 8 heteroatoms. The number of hydrogen-bond donors (Lipinski definition) is 3. The Labute approximate surface area is 168 Å². The van der Waals surface area contributed by atoms with Crippen LogP contribution in [0, 0.1) is 0 Å². The summed E-state index contributed by atoms with van der Waals surface area (Å²) >= 11 is 12.4. The molecule has 2 aromatic rings. The van der Waals surface area contributed by atoms with Crippen molar-refractivity contribution in [2.75, 3.05) is 26.2 Å². The Kier molecular flexibility index (Phi) is 5.57. The largest absolute Gasteiger partial charge is 0.334 e. The number of amides is 2. The Morgan fingerprint density at radius 2 is 2.04 bits per heavy atom. The van der Waals surface area contributed by atoms with Gasteiger partial charge in [0.1, 0.15) is 0 Å². The van der Waals surface area contributed by atoms with Crippen molar-refractivity contribution in [2.45, 2.75) is 31.2 Å². The second kappa shape index (κ2) is 8.09. The van der Waals surface area contributed by atoms with E-state index in [-0.39, 0.29) is 12.1 Å². The molecule has 1 atom stereocenters. The fourth-order valence-corrected chi connectivity index (χ4v) is 4.22. The highest BCUT2D eigenvalue weighted by molar-refractivity contribution is 6.43. The molecule has 1 aromatic carbocycles. The highest BCUT2D eigenvalue weighted by Gasteiger charge is 2.27. The summed E-state index contributed by atoms with van der Waals surface area (Å²) in [5.41, 5.74) is 2.71. The summed E-state index contributed by atoms with van der Waals surface area (Å²) in [5, 5.41) is 15.0. The fraction of sp³-hybridized carbons (Fsp3) is 0.474. The summed E-state index contributed by atoms with van der Waals surface area (Å²) in [5.74, 6) is 0.362. The van der Waals surface area contributed by atoms with Crippen LogP contribution in [0.4, 0.5) is 4.79 Å². The number of aromatic nitrogens is 2. The first kappa shape index (κ1) is 18.6. The number of nitrogens with one attached hydrogen (secondary N) is 3. The molecule has 0 radical (unpaired) electrons. The van der Waals surface area contributed by atoms with Crippen LogP contribution >= 0.6 is 23.2 Å². The van der Waals surface area contributed by atoms with Gasteiger partial charge in [-0.05, 0) is 37.9 Å². The number of urea groups is 1. The maximum atomic E-state index is 12.4. The maximum absolute atomic E-state index is 12.4. The van der Waals surface area contributed by atoms with Crippen molar-refractivity contribution in [3.05, 3.63) is 40.0 Å². The van der Waals surface area contributed by atoms with Crippen molar-refractivity contribution in [2.24, 2.45) is 0 Å². The fourth-order valence-electron chi connectivity index (χ4n) is 3.82. The SMILES string of the molecule is O=C(N[C@H]1CCNC1)N1CCC(c2cc(-c3cccc(Cl)c3Cl)n[nH]2)CC1. The van der Waals surface area contributed by atoms with Crippen LogP contribution in [0.25, 0.3) is 11.3 Å². The smallest absolute Gasteiger partial charge is 0.317 e. The lowest BCUT2D eigenvalue weighted by atomic mass is 9.93. The third-order valence-corrected chi connectivity index (χ3v) is 6.25. The molecule has 6 nitrogen and oxygen atoms in total. The number of piperidine rings is 1. The standard InChI is InChI=1S/C19H23Cl2N5O/c20-15-3-1-2-14(18(15)21)17-10-16(24-25-17)12-5-8-26(9-6-12)19(27)23-13-4-7-22-11-13/h1-3,10,12-13,22H,4-9,11H2,(H,23,27)(H,24,25)/t13-/m0/s1. The van der Waals surface area contributed by atoms with E-state index >= 15 is 0 Å². The minimum Gasteiger partial charge on any atom is -0.334 e. The molecule has 0 unspecified atom stereocenters. The highest BCUT2D eigenvalue weighted by Crippen LogP contribution is 2.35. The van der Waals surface area contributed by atoms with Gasteiger partial charge >= 0.3 is 6.03 Å². The van der Waals surface area contributed by atoms with Crippen molar-refractivity contribution in [3.8, 4) is 11.3 Å². The molecule has 0 bridgehead atoms. The number of H-pyrrole nitrogens is 1. The molecule has 2 aliphatic rings. The van der Waals surface area contributed by atoms with E-state index in [1.54, 1.807) is 6.07 Å². The molecule has 3 N–H and O–H groups in total. The lowest BCUT2D eigenvalue weighted by Gasteiger charge is -2.32. The van der Waals surface area contributed by atoms with Gasteiger partial charge in [0.2, 0.25) is 0 Å². The topological polar surface area (TPSA) is 73.1 Å². The second-order valence-electron chi connectivity index (χ2n) is 7.21. The predicted octanol–water partition coefficient (Wildman–Crippen LogP) is 3.63. The summed E-state index contributed by atoms with van der Waals surface area (Å²) in [6, 6.07) is 7.91. The highest BCUT2D eigenvalue weighted by atomic mass is 35.5. The normalized spacial score (nSPS) is 20.8. The first-order chi connectivity index (χ1) is 13.1. The molecule has 0 saturated carbocycles. The number of benzene rings is 1. The van der Waals surface area contributed by atoms with Gasteiger partial charge in [0.15, 0.2) is 0 Å². The number of rotatable bonds is 3. The molecule has 144 valence electrons. The van der Waals surface area contributed by atoms with Gasteiger partial charge in [-0.3, -0.25) is 5.10 Å². The second-order valence-corrected chi connectivity index (χ2v) is 8.00. The number of hydrogen-bond acceptors (Lipinski definition) is 3.